The maximum Gasteiger partial charge on any atom is 0.255 e. The minimum absolute atomic E-state index is 0.157. The SMILES string of the molecule is CCCCCCOc1ccc(C(=O)Nc2cccc(OCCc3ccccc3)c2)cc1. The van der Waals surface area contributed by atoms with Gasteiger partial charge in [0.1, 0.15) is 11.5 Å². The normalized spacial score (nSPS) is 10.5. The van der Waals surface area contributed by atoms with Gasteiger partial charge >= 0.3 is 0 Å². The number of benzene rings is 3. The molecule has 0 spiro atoms. The first-order chi connectivity index (χ1) is 15.2. The summed E-state index contributed by atoms with van der Waals surface area (Å²) in [4.78, 5) is 12.6. The third-order valence-electron chi connectivity index (χ3n) is 4.98. The molecular weight excluding hydrogens is 386 g/mol. The van der Waals surface area contributed by atoms with Crippen molar-refractivity contribution in [1.29, 1.82) is 0 Å². The first kappa shape index (κ1) is 22.4. The van der Waals surface area contributed by atoms with Crippen molar-refractivity contribution >= 4 is 11.6 Å². The number of unbranched alkanes of at least 4 members (excludes halogenated alkanes) is 3. The number of hydrogen-bond donors (Lipinski definition) is 1. The average Bonchev–Trinajstić information content (AvgIpc) is 2.80. The zero-order valence-corrected chi connectivity index (χ0v) is 18.2. The van der Waals surface area contributed by atoms with Crippen molar-refractivity contribution in [2.24, 2.45) is 0 Å². The van der Waals surface area contributed by atoms with Gasteiger partial charge in [0, 0.05) is 23.7 Å². The van der Waals surface area contributed by atoms with Crippen LogP contribution >= 0.6 is 0 Å². The van der Waals surface area contributed by atoms with Crippen molar-refractivity contribution in [3.05, 3.63) is 90.0 Å². The fraction of sp³-hybridized carbons (Fsp3) is 0.296. The lowest BCUT2D eigenvalue weighted by atomic mass is 10.2. The lowest BCUT2D eigenvalue weighted by Crippen LogP contribution is -2.12. The van der Waals surface area contributed by atoms with Gasteiger partial charge in [-0.1, -0.05) is 62.6 Å². The summed E-state index contributed by atoms with van der Waals surface area (Å²) in [5, 5.41) is 2.93. The van der Waals surface area contributed by atoms with Crippen molar-refractivity contribution < 1.29 is 14.3 Å². The molecule has 0 saturated carbocycles. The number of carbonyl (C=O) groups is 1. The molecule has 31 heavy (non-hydrogen) atoms. The number of hydrogen-bond acceptors (Lipinski definition) is 3. The number of carbonyl (C=O) groups excluding carboxylic acids is 1. The quantitative estimate of drug-likeness (QED) is 0.341. The zero-order valence-electron chi connectivity index (χ0n) is 18.2. The second-order valence-corrected chi connectivity index (χ2v) is 7.50. The number of anilines is 1. The second-order valence-electron chi connectivity index (χ2n) is 7.50. The maximum absolute atomic E-state index is 12.6. The Kier molecular flexibility index (Phi) is 8.99. The predicted octanol–water partition coefficient (Wildman–Crippen LogP) is 6.52. The highest BCUT2D eigenvalue weighted by molar-refractivity contribution is 6.04. The van der Waals surface area contributed by atoms with Crippen LogP contribution in [0, 0.1) is 0 Å². The number of rotatable bonds is 12. The van der Waals surface area contributed by atoms with Gasteiger partial charge in [0.15, 0.2) is 0 Å². The molecular formula is C27H31NO3. The highest BCUT2D eigenvalue weighted by atomic mass is 16.5. The van der Waals surface area contributed by atoms with Gasteiger partial charge in [0.05, 0.1) is 13.2 Å². The molecule has 3 aromatic rings. The molecule has 1 amide bonds. The van der Waals surface area contributed by atoms with E-state index in [-0.39, 0.29) is 5.91 Å². The van der Waals surface area contributed by atoms with Crippen LogP contribution < -0.4 is 14.8 Å². The Hall–Kier alpha value is -3.27. The van der Waals surface area contributed by atoms with Gasteiger partial charge in [0.25, 0.3) is 5.91 Å². The minimum atomic E-state index is -0.157. The summed E-state index contributed by atoms with van der Waals surface area (Å²) >= 11 is 0. The summed E-state index contributed by atoms with van der Waals surface area (Å²) in [6, 6.07) is 25.0. The van der Waals surface area contributed by atoms with Crippen LogP contribution in [0.2, 0.25) is 0 Å². The van der Waals surface area contributed by atoms with Crippen molar-refractivity contribution in [2.75, 3.05) is 18.5 Å². The Labute approximate surface area is 185 Å². The number of nitrogens with one attached hydrogen (secondary N) is 1. The summed E-state index contributed by atoms with van der Waals surface area (Å²) in [5.74, 6) is 1.37. The van der Waals surface area contributed by atoms with E-state index in [1.807, 2.05) is 54.6 Å². The lowest BCUT2D eigenvalue weighted by Gasteiger charge is -2.10. The molecule has 3 rings (SSSR count). The van der Waals surface area contributed by atoms with Crippen LogP contribution in [-0.2, 0) is 6.42 Å². The van der Waals surface area contributed by atoms with Gasteiger partial charge in [-0.2, -0.15) is 0 Å². The molecule has 4 heteroatoms. The topological polar surface area (TPSA) is 47.6 Å². The van der Waals surface area contributed by atoms with E-state index in [9.17, 15) is 4.79 Å². The molecule has 162 valence electrons. The fourth-order valence-corrected chi connectivity index (χ4v) is 3.22. The third-order valence-corrected chi connectivity index (χ3v) is 4.98. The average molecular weight is 418 g/mol. The van der Waals surface area contributed by atoms with Crippen LogP contribution in [0.25, 0.3) is 0 Å². The van der Waals surface area contributed by atoms with Crippen molar-refractivity contribution in [2.45, 2.75) is 39.0 Å². The molecule has 0 bridgehead atoms. The molecule has 1 N–H and O–H groups in total. The van der Waals surface area contributed by atoms with Gasteiger partial charge < -0.3 is 14.8 Å². The number of amides is 1. The van der Waals surface area contributed by atoms with E-state index >= 15 is 0 Å². The van der Waals surface area contributed by atoms with Crippen LogP contribution in [0.5, 0.6) is 11.5 Å². The highest BCUT2D eigenvalue weighted by Gasteiger charge is 2.07. The van der Waals surface area contributed by atoms with E-state index < -0.39 is 0 Å². The first-order valence-electron chi connectivity index (χ1n) is 11.1. The van der Waals surface area contributed by atoms with Gasteiger partial charge in [-0.15, -0.1) is 0 Å². The molecule has 0 heterocycles. The maximum atomic E-state index is 12.6. The molecule has 4 nitrogen and oxygen atoms in total. The Balaban J connectivity index is 1.46. The zero-order chi connectivity index (χ0) is 21.7. The van der Waals surface area contributed by atoms with Gasteiger partial charge in [-0.25, -0.2) is 0 Å². The van der Waals surface area contributed by atoms with Crippen LogP contribution in [0.3, 0.4) is 0 Å². The van der Waals surface area contributed by atoms with Gasteiger partial charge in [-0.05, 0) is 48.4 Å². The Morgan fingerprint density at radius 1 is 0.774 bits per heavy atom. The monoisotopic (exact) mass is 417 g/mol. The molecule has 0 aliphatic carbocycles. The van der Waals surface area contributed by atoms with Crippen LogP contribution in [-0.4, -0.2) is 19.1 Å². The summed E-state index contributed by atoms with van der Waals surface area (Å²) in [6.07, 6.45) is 5.53. The molecule has 0 radical (unpaired) electrons. The van der Waals surface area contributed by atoms with E-state index in [0.717, 1.165) is 24.3 Å². The van der Waals surface area contributed by atoms with Crippen LogP contribution in [0.1, 0.15) is 48.5 Å². The van der Waals surface area contributed by atoms with E-state index in [0.29, 0.717) is 24.5 Å². The molecule has 0 atom stereocenters. The molecule has 0 aliphatic rings. The Bertz CT molecular complexity index is 923. The highest BCUT2D eigenvalue weighted by Crippen LogP contribution is 2.19. The predicted molar refractivity (Wildman–Crippen MR) is 126 cm³/mol. The van der Waals surface area contributed by atoms with Gasteiger partial charge in [0.2, 0.25) is 0 Å². The first-order valence-corrected chi connectivity index (χ1v) is 11.1. The van der Waals surface area contributed by atoms with Crippen molar-refractivity contribution in [1.82, 2.24) is 0 Å². The van der Waals surface area contributed by atoms with Crippen LogP contribution in [0.15, 0.2) is 78.9 Å². The molecule has 0 fully saturated rings. The fourth-order valence-electron chi connectivity index (χ4n) is 3.22. The molecule has 0 aromatic heterocycles. The smallest absolute Gasteiger partial charge is 0.255 e. The van der Waals surface area contributed by atoms with Crippen LogP contribution in [0.4, 0.5) is 5.69 Å². The molecule has 3 aromatic carbocycles. The molecule has 0 unspecified atom stereocenters. The lowest BCUT2D eigenvalue weighted by molar-refractivity contribution is 0.102. The summed E-state index contributed by atoms with van der Waals surface area (Å²) in [5.41, 5.74) is 2.53. The third kappa shape index (κ3) is 7.82. The van der Waals surface area contributed by atoms with E-state index in [2.05, 4.69) is 24.4 Å². The minimum Gasteiger partial charge on any atom is -0.494 e. The summed E-state index contributed by atoms with van der Waals surface area (Å²) < 4.78 is 11.6. The van der Waals surface area contributed by atoms with E-state index in [4.69, 9.17) is 9.47 Å². The Morgan fingerprint density at radius 2 is 1.55 bits per heavy atom. The Morgan fingerprint density at radius 3 is 2.32 bits per heavy atom. The summed E-state index contributed by atoms with van der Waals surface area (Å²) in [7, 11) is 0. The number of ether oxygens (including phenoxy) is 2. The summed E-state index contributed by atoms with van der Waals surface area (Å²) in [6.45, 7) is 3.49. The van der Waals surface area contributed by atoms with Crippen molar-refractivity contribution in [3.63, 3.8) is 0 Å². The van der Waals surface area contributed by atoms with E-state index in [1.54, 1.807) is 12.1 Å². The van der Waals surface area contributed by atoms with Crippen molar-refractivity contribution in [3.8, 4) is 11.5 Å². The van der Waals surface area contributed by atoms with E-state index in [1.165, 1.54) is 24.8 Å². The van der Waals surface area contributed by atoms with Gasteiger partial charge in [-0.3, -0.25) is 4.79 Å². The largest absolute Gasteiger partial charge is 0.494 e. The second kappa shape index (κ2) is 12.4. The molecule has 0 saturated heterocycles. The molecule has 0 aliphatic heterocycles. The standard InChI is InChI=1S/C27H31NO3/c1-2-3-4-8-19-30-25-16-14-23(15-17-25)27(29)28-24-12-9-13-26(21-24)31-20-18-22-10-6-5-7-11-22/h5-7,9-17,21H,2-4,8,18-20H2,1H3,(H,28,29).